The number of aryl methyl sites for hydroxylation is 1. The van der Waals surface area contributed by atoms with Crippen LogP contribution in [0.1, 0.15) is 11.3 Å². The van der Waals surface area contributed by atoms with Gasteiger partial charge in [0.25, 0.3) is 0 Å². The Morgan fingerprint density at radius 1 is 1.38 bits per heavy atom. The maximum absolute atomic E-state index is 6.22. The van der Waals surface area contributed by atoms with Crippen LogP contribution in [0.3, 0.4) is 0 Å². The first-order valence-electron chi connectivity index (χ1n) is 5.20. The smallest absolute Gasteiger partial charge is 0.0737 e. The van der Waals surface area contributed by atoms with Crippen molar-refractivity contribution in [1.29, 1.82) is 0 Å². The SMILES string of the molecule is Nc1c2c(nc3cc(Br)ccc13)CCSC2. The largest absolute Gasteiger partial charge is 0.398 e. The van der Waals surface area contributed by atoms with Crippen molar-refractivity contribution >= 4 is 44.3 Å². The highest BCUT2D eigenvalue weighted by molar-refractivity contribution is 9.10. The van der Waals surface area contributed by atoms with Gasteiger partial charge in [-0.1, -0.05) is 15.9 Å². The number of rotatable bonds is 0. The van der Waals surface area contributed by atoms with Gasteiger partial charge in [-0.15, -0.1) is 0 Å². The van der Waals surface area contributed by atoms with Crippen molar-refractivity contribution in [3.8, 4) is 0 Å². The van der Waals surface area contributed by atoms with Crippen molar-refractivity contribution in [2.75, 3.05) is 11.5 Å². The summed E-state index contributed by atoms with van der Waals surface area (Å²) >= 11 is 5.40. The number of hydrogen-bond donors (Lipinski definition) is 1. The standard InChI is InChI=1S/C12H11BrN2S/c13-7-1-2-8-11(5-7)15-10-3-4-16-6-9(10)12(8)14/h1-2,5H,3-4,6H2,(H2,14,15). The van der Waals surface area contributed by atoms with Crippen LogP contribution in [-0.4, -0.2) is 10.7 Å². The lowest BCUT2D eigenvalue weighted by atomic mass is 10.1. The lowest BCUT2D eigenvalue weighted by Crippen LogP contribution is -2.09. The average molecular weight is 295 g/mol. The van der Waals surface area contributed by atoms with Gasteiger partial charge in [0.05, 0.1) is 5.52 Å². The molecule has 82 valence electrons. The van der Waals surface area contributed by atoms with Crippen LogP contribution in [0.4, 0.5) is 5.69 Å². The van der Waals surface area contributed by atoms with Gasteiger partial charge < -0.3 is 5.73 Å². The molecule has 0 radical (unpaired) electrons. The molecule has 2 aromatic rings. The van der Waals surface area contributed by atoms with Crippen molar-refractivity contribution in [1.82, 2.24) is 4.98 Å². The molecule has 2 heterocycles. The van der Waals surface area contributed by atoms with E-state index in [9.17, 15) is 0 Å². The number of hydrogen-bond acceptors (Lipinski definition) is 3. The molecule has 0 aliphatic carbocycles. The van der Waals surface area contributed by atoms with Gasteiger partial charge >= 0.3 is 0 Å². The number of pyridine rings is 1. The summed E-state index contributed by atoms with van der Waals surface area (Å²) in [5.41, 5.74) is 10.6. The average Bonchev–Trinajstić information content (AvgIpc) is 2.29. The van der Waals surface area contributed by atoms with E-state index in [0.717, 1.165) is 39.0 Å². The van der Waals surface area contributed by atoms with Crippen molar-refractivity contribution < 1.29 is 0 Å². The second kappa shape index (κ2) is 3.93. The van der Waals surface area contributed by atoms with Crippen LogP contribution in [-0.2, 0) is 12.2 Å². The summed E-state index contributed by atoms with van der Waals surface area (Å²) in [4.78, 5) is 4.71. The number of thioether (sulfide) groups is 1. The summed E-state index contributed by atoms with van der Waals surface area (Å²) in [6, 6.07) is 6.10. The number of nitrogens with zero attached hydrogens (tertiary/aromatic N) is 1. The van der Waals surface area contributed by atoms with Crippen LogP contribution in [0.25, 0.3) is 10.9 Å². The Kier molecular flexibility index (Phi) is 2.56. The number of nitrogen functional groups attached to an aromatic ring is 1. The summed E-state index contributed by atoms with van der Waals surface area (Å²) in [7, 11) is 0. The Hall–Kier alpha value is -0.740. The lowest BCUT2D eigenvalue weighted by Gasteiger charge is -2.18. The number of halogens is 1. The van der Waals surface area contributed by atoms with E-state index >= 15 is 0 Å². The van der Waals surface area contributed by atoms with E-state index in [2.05, 4.69) is 15.9 Å². The first kappa shape index (κ1) is 10.4. The molecule has 0 spiro atoms. The normalized spacial score (nSPS) is 15.1. The van der Waals surface area contributed by atoms with Crippen LogP contribution in [0, 0.1) is 0 Å². The van der Waals surface area contributed by atoms with Gasteiger partial charge in [0.1, 0.15) is 0 Å². The highest BCUT2D eigenvalue weighted by Gasteiger charge is 2.16. The van der Waals surface area contributed by atoms with E-state index in [0.29, 0.717) is 0 Å². The fraction of sp³-hybridized carbons (Fsp3) is 0.250. The number of fused-ring (bicyclic) bond motifs is 2. The first-order valence-corrected chi connectivity index (χ1v) is 7.15. The van der Waals surface area contributed by atoms with Gasteiger partial charge in [0.2, 0.25) is 0 Å². The monoisotopic (exact) mass is 294 g/mol. The topological polar surface area (TPSA) is 38.9 Å². The third-order valence-electron chi connectivity index (χ3n) is 2.91. The Labute approximate surface area is 107 Å². The Bertz CT molecular complexity index is 568. The van der Waals surface area contributed by atoms with E-state index in [1.54, 1.807) is 0 Å². The molecule has 4 heteroatoms. The first-order chi connectivity index (χ1) is 7.75. The third-order valence-corrected chi connectivity index (χ3v) is 4.39. The lowest BCUT2D eigenvalue weighted by molar-refractivity contribution is 1.01. The van der Waals surface area contributed by atoms with Gasteiger partial charge in [-0.25, -0.2) is 0 Å². The van der Waals surface area contributed by atoms with Crippen LogP contribution >= 0.6 is 27.7 Å². The fourth-order valence-corrected chi connectivity index (χ4v) is 3.42. The molecule has 0 amide bonds. The van der Waals surface area contributed by atoms with Crippen LogP contribution < -0.4 is 5.73 Å². The van der Waals surface area contributed by atoms with Gasteiger partial charge in [-0.05, 0) is 30.4 Å². The molecule has 0 saturated carbocycles. The van der Waals surface area contributed by atoms with Crippen LogP contribution in [0.5, 0.6) is 0 Å². The number of aromatic nitrogens is 1. The number of anilines is 1. The molecule has 0 unspecified atom stereocenters. The van der Waals surface area contributed by atoms with Gasteiger partial charge in [-0.2, -0.15) is 11.8 Å². The van der Waals surface area contributed by atoms with Crippen molar-refractivity contribution in [3.63, 3.8) is 0 Å². The minimum absolute atomic E-state index is 0.916. The molecule has 2 nitrogen and oxygen atoms in total. The zero-order valence-corrected chi connectivity index (χ0v) is 11.1. The summed E-state index contributed by atoms with van der Waals surface area (Å²) < 4.78 is 1.05. The summed E-state index contributed by atoms with van der Waals surface area (Å²) in [6.07, 6.45) is 1.03. The molecular weight excluding hydrogens is 284 g/mol. The predicted octanol–water partition coefficient (Wildman–Crippen LogP) is 3.37. The van der Waals surface area contributed by atoms with E-state index in [1.807, 2.05) is 30.0 Å². The quantitative estimate of drug-likeness (QED) is 0.810. The van der Waals surface area contributed by atoms with Crippen LogP contribution in [0.2, 0.25) is 0 Å². The van der Waals surface area contributed by atoms with Crippen molar-refractivity contribution in [2.24, 2.45) is 0 Å². The molecular formula is C12H11BrN2S. The summed E-state index contributed by atoms with van der Waals surface area (Å²) in [6.45, 7) is 0. The molecule has 0 atom stereocenters. The molecule has 2 N–H and O–H groups in total. The van der Waals surface area contributed by atoms with Crippen molar-refractivity contribution in [2.45, 2.75) is 12.2 Å². The zero-order chi connectivity index (χ0) is 11.1. The second-order valence-electron chi connectivity index (χ2n) is 3.91. The molecule has 3 rings (SSSR count). The number of benzene rings is 1. The Morgan fingerprint density at radius 2 is 2.25 bits per heavy atom. The summed E-state index contributed by atoms with van der Waals surface area (Å²) in [5, 5.41) is 1.07. The molecule has 1 aromatic carbocycles. The predicted molar refractivity (Wildman–Crippen MR) is 73.7 cm³/mol. The fourth-order valence-electron chi connectivity index (χ4n) is 2.07. The van der Waals surface area contributed by atoms with Gasteiger partial charge in [0.15, 0.2) is 0 Å². The molecule has 1 aliphatic heterocycles. The highest BCUT2D eigenvalue weighted by atomic mass is 79.9. The van der Waals surface area contributed by atoms with E-state index in [4.69, 9.17) is 10.7 Å². The van der Waals surface area contributed by atoms with E-state index in [1.165, 1.54) is 11.3 Å². The van der Waals surface area contributed by atoms with E-state index < -0.39 is 0 Å². The Morgan fingerprint density at radius 3 is 3.12 bits per heavy atom. The highest BCUT2D eigenvalue weighted by Crippen LogP contribution is 2.33. The molecule has 1 aliphatic rings. The number of nitrogens with two attached hydrogens (primary N) is 1. The molecule has 0 saturated heterocycles. The van der Waals surface area contributed by atoms with Gasteiger partial charge in [-0.3, -0.25) is 4.98 Å². The zero-order valence-electron chi connectivity index (χ0n) is 8.66. The maximum Gasteiger partial charge on any atom is 0.0737 e. The maximum atomic E-state index is 6.22. The third kappa shape index (κ3) is 1.60. The molecule has 1 aromatic heterocycles. The van der Waals surface area contributed by atoms with E-state index in [-0.39, 0.29) is 0 Å². The second-order valence-corrected chi connectivity index (χ2v) is 5.94. The van der Waals surface area contributed by atoms with Crippen molar-refractivity contribution in [3.05, 3.63) is 33.9 Å². The summed E-state index contributed by atoms with van der Waals surface area (Å²) in [5.74, 6) is 2.15. The molecule has 0 bridgehead atoms. The molecule has 16 heavy (non-hydrogen) atoms. The minimum Gasteiger partial charge on any atom is -0.398 e. The molecule has 0 fully saturated rings. The van der Waals surface area contributed by atoms with Crippen LogP contribution in [0.15, 0.2) is 22.7 Å². The van der Waals surface area contributed by atoms with Gasteiger partial charge in [0, 0.05) is 32.6 Å². The minimum atomic E-state index is 0.916. The Balaban J connectivity index is 2.34.